The van der Waals surface area contributed by atoms with Crippen LogP contribution in [-0.2, 0) is 9.53 Å². The molecule has 1 heterocycles. The lowest BCUT2D eigenvalue weighted by Gasteiger charge is -2.29. The summed E-state index contributed by atoms with van der Waals surface area (Å²) in [5.74, 6) is 0.153. The Kier molecular flexibility index (Phi) is 5.27. The van der Waals surface area contributed by atoms with Crippen molar-refractivity contribution in [2.24, 2.45) is 0 Å². The lowest BCUT2D eigenvalue weighted by molar-refractivity contribution is -0.136. The first kappa shape index (κ1) is 18.0. The first-order valence-electron chi connectivity index (χ1n) is 7.84. The van der Waals surface area contributed by atoms with Crippen molar-refractivity contribution in [1.29, 1.82) is 0 Å². The molecule has 134 valence electrons. The molecule has 6 nitrogen and oxygen atoms in total. The quantitative estimate of drug-likeness (QED) is 0.748. The number of benzene rings is 2. The molecule has 7 heteroatoms. The molecule has 0 fully saturated rings. The number of hydrogen-bond donors (Lipinski definition) is 2. The van der Waals surface area contributed by atoms with Crippen molar-refractivity contribution in [3.63, 3.8) is 0 Å². The minimum atomic E-state index is -0.649. The van der Waals surface area contributed by atoms with Crippen molar-refractivity contribution < 1.29 is 19.1 Å². The molecule has 26 heavy (non-hydrogen) atoms. The lowest BCUT2D eigenvalue weighted by atomic mass is 9.92. The molecule has 0 saturated heterocycles. The van der Waals surface area contributed by atoms with E-state index < -0.39 is 18.0 Å². The molecule has 0 radical (unpaired) electrons. The SMILES string of the molecule is COC(=O)C1=C(c2ccc(OC)cc2)NC(=O)NC1c1ccccc1Br. The summed E-state index contributed by atoms with van der Waals surface area (Å²) >= 11 is 3.48. The van der Waals surface area contributed by atoms with Gasteiger partial charge in [0.1, 0.15) is 5.75 Å². The van der Waals surface area contributed by atoms with E-state index in [0.29, 0.717) is 22.6 Å². The van der Waals surface area contributed by atoms with E-state index in [1.807, 2.05) is 24.3 Å². The van der Waals surface area contributed by atoms with Crippen LogP contribution in [0.1, 0.15) is 17.2 Å². The molecule has 2 aromatic carbocycles. The molecule has 0 bridgehead atoms. The van der Waals surface area contributed by atoms with Gasteiger partial charge in [0, 0.05) is 4.47 Å². The molecule has 2 amide bonds. The zero-order valence-electron chi connectivity index (χ0n) is 14.2. The van der Waals surface area contributed by atoms with Crippen LogP contribution < -0.4 is 15.4 Å². The van der Waals surface area contributed by atoms with Crippen molar-refractivity contribution in [3.8, 4) is 5.75 Å². The van der Waals surface area contributed by atoms with Crippen LogP contribution in [0.15, 0.2) is 58.6 Å². The van der Waals surface area contributed by atoms with Gasteiger partial charge in [-0.15, -0.1) is 0 Å². The number of amides is 2. The van der Waals surface area contributed by atoms with Gasteiger partial charge in [0.05, 0.1) is 31.5 Å². The van der Waals surface area contributed by atoms with Crippen LogP contribution in [-0.4, -0.2) is 26.2 Å². The second kappa shape index (κ2) is 7.61. The zero-order chi connectivity index (χ0) is 18.7. The number of halogens is 1. The van der Waals surface area contributed by atoms with Crippen molar-refractivity contribution in [2.45, 2.75) is 6.04 Å². The number of esters is 1. The molecule has 0 aliphatic carbocycles. The molecule has 0 aromatic heterocycles. The monoisotopic (exact) mass is 416 g/mol. The summed E-state index contributed by atoms with van der Waals surface area (Å²) in [6.45, 7) is 0. The number of carbonyl (C=O) groups is 2. The summed E-state index contributed by atoms with van der Waals surface area (Å²) in [5.41, 5.74) is 2.17. The van der Waals surface area contributed by atoms with Gasteiger partial charge in [-0.3, -0.25) is 0 Å². The maximum Gasteiger partial charge on any atom is 0.338 e. The van der Waals surface area contributed by atoms with Crippen molar-refractivity contribution >= 4 is 33.6 Å². The Morgan fingerprint density at radius 1 is 1.08 bits per heavy atom. The highest BCUT2D eigenvalue weighted by Gasteiger charge is 2.34. The van der Waals surface area contributed by atoms with Crippen LogP contribution in [0, 0.1) is 0 Å². The maximum absolute atomic E-state index is 12.6. The summed E-state index contributed by atoms with van der Waals surface area (Å²) in [6.07, 6.45) is 0. The predicted molar refractivity (Wildman–Crippen MR) is 100 cm³/mol. The van der Waals surface area contributed by atoms with Crippen LogP contribution in [0.25, 0.3) is 5.70 Å². The maximum atomic E-state index is 12.6. The lowest BCUT2D eigenvalue weighted by Crippen LogP contribution is -2.45. The largest absolute Gasteiger partial charge is 0.497 e. The molecular weight excluding hydrogens is 400 g/mol. The minimum Gasteiger partial charge on any atom is -0.497 e. The fourth-order valence-electron chi connectivity index (χ4n) is 2.82. The van der Waals surface area contributed by atoms with Gasteiger partial charge in [0.15, 0.2) is 0 Å². The Hall–Kier alpha value is -2.80. The topological polar surface area (TPSA) is 76.7 Å². The summed E-state index contributed by atoms with van der Waals surface area (Å²) in [5, 5.41) is 5.52. The predicted octanol–water partition coefficient (Wildman–Crippen LogP) is 3.40. The van der Waals surface area contributed by atoms with Gasteiger partial charge in [-0.1, -0.05) is 34.1 Å². The fraction of sp³-hybridized carbons (Fsp3) is 0.158. The van der Waals surface area contributed by atoms with Crippen molar-refractivity contribution in [3.05, 3.63) is 69.7 Å². The summed E-state index contributed by atoms with van der Waals surface area (Å²) in [6, 6.07) is 13.4. The van der Waals surface area contributed by atoms with Gasteiger partial charge in [-0.2, -0.15) is 0 Å². The standard InChI is InChI=1S/C19H17BrN2O4/c1-25-12-9-7-11(8-10-12)16-15(18(23)26-2)17(22-19(24)21-16)13-5-3-4-6-14(13)20/h3-10,17H,1-2H3,(H2,21,22,24). The number of urea groups is 1. The first-order valence-corrected chi connectivity index (χ1v) is 8.63. The van der Waals surface area contributed by atoms with E-state index in [-0.39, 0.29) is 0 Å². The van der Waals surface area contributed by atoms with E-state index in [4.69, 9.17) is 9.47 Å². The molecule has 0 spiro atoms. The van der Waals surface area contributed by atoms with Gasteiger partial charge >= 0.3 is 12.0 Å². The number of methoxy groups -OCH3 is 2. The fourth-order valence-corrected chi connectivity index (χ4v) is 3.34. The third-order valence-electron chi connectivity index (χ3n) is 4.07. The molecule has 1 unspecified atom stereocenters. The normalized spacial score (nSPS) is 16.6. The number of ether oxygens (including phenoxy) is 2. The van der Waals surface area contributed by atoms with E-state index in [1.165, 1.54) is 7.11 Å². The molecule has 1 aliphatic rings. The highest BCUT2D eigenvalue weighted by Crippen LogP contribution is 2.35. The van der Waals surface area contributed by atoms with E-state index in [1.54, 1.807) is 31.4 Å². The number of rotatable bonds is 4. The Labute approximate surface area is 159 Å². The van der Waals surface area contributed by atoms with Gasteiger partial charge in [-0.25, -0.2) is 9.59 Å². The van der Waals surface area contributed by atoms with E-state index >= 15 is 0 Å². The Morgan fingerprint density at radius 2 is 1.77 bits per heavy atom. The van der Waals surface area contributed by atoms with E-state index in [0.717, 1.165) is 10.0 Å². The second-order valence-electron chi connectivity index (χ2n) is 5.56. The third kappa shape index (κ3) is 3.43. The average Bonchev–Trinajstić information content (AvgIpc) is 2.67. The Morgan fingerprint density at radius 3 is 2.38 bits per heavy atom. The first-order chi connectivity index (χ1) is 12.5. The van der Waals surface area contributed by atoms with Crippen LogP contribution in [0.2, 0.25) is 0 Å². The van der Waals surface area contributed by atoms with Crippen LogP contribution in [0.3, 0.4) is 0 Å². The number of nitrogens with one attached hydrogen (secondary N) is 2. The highest BCUT2D eigenvalue weighted by atomic mass is 79.9. The molecule has 0 saturated carbocycles. The Bertz CT molecular complexity index is 877. The molecule has 1 atom stereocenters. The van der Waals surface area contributed by atoms with Gasteiger partial charge < -0.3 is 20.1 Å². The number of hydrogen-bond acceptors (Lipinski definition) is 4. The minimum absolute atomic E-state index is 0.323. The molecule has 2 N–H and O–H groups in total. The van der Waals surface area contributed by atoms with Crippen LogP contribution in [0.5, 0.6) is 5.75 Å². The molecule has 1 aliphatic heterocycles. The second-order valence-corrected chi connectivity index (χ2v) is 6.42. The van der Waals surface area contributed by atoms with Gasteiger partial charge in [0.25, 0.3) is 0 Å². The molecule has 3 rings (SSSR count). The number of carbonyl (C=O) groups excluding carboxylic acids is 2. The van der Waals surface area contributed by atoms with Gasteiger partial charge in [0.2, 0.25) is 0 Å². The molecule has 2 aromatic rings. The van der Waals surface area contributed by atoms with Crippen molar-refractivity contribution in [1.82, 2.24) is 10.6 Å². The van der Waals surface area contributed by atoms with E-state index in [9.17, 15) is 9.59 Å². The highest BCUT2D eigenvalue weighted by molar-refractivity contribution is 9.10. The smallest absolute Gasteiger partial charge is 0.338 e. The van der Waals surface area contributed by atoms with Gasteiger partial charge in [-0.05, 0) is 41.5 Å². The Balaban J connectivity index is 2.19. The van der Waals surface area contributed by atoms with Crippen molar-refractivity contribution in [2.75, 3.05) is 14.2 Å². The van der Waals surface area contributed by atoms with Crippen LogP contribution in [0.4, 0.5) is 4.79 Å². The summed E-state index contributed by atoms with van der Waals surface area (Å²) < 4.78 is 10.9. The van der Waals surface area contributed by atoms with Crippen LogP contribution >= 0.6 is 15.9 Å². The summed E-state index contributed by atoms with van der Waals surface area (Å²) in [4.78, 5) is 24.8. The summed E-state index contributed by atoms with van der Waals surface area (Å²) in [7, 11) is 2.89. The average molecular weight is 417 g/mol. The third-order valence-corrected chi connectivity index (χ3v) is 4.79. The molecular formula is C19H17BrN2O4. The van der Waals surface area contributed by atoms with E-state index in [2.05, 4.69) is 26.6 Å². The zero-order valence-corrected chi connectivity index (χ0v) is 15.8.